The molecule has 1 aromatic rings. The lowest BCUT2D eigenvalue weighted by molar-refractivity contribution is 0.241. The molecule has 0 spiro atoms. The second kappa shape index (κ2) is 6.00. The van der Waals surface area contributed by atoms with E-state index in [1.807, 2.05) is 18.3 Å². The highest BCUT2D eigenvalue weighted by Crippen LogP contribution is 2.36. The molecule has 0 aromatic carbocycles. The van der Waals surface area contributed by atoms with Crippen LogP contribution in [0.1, 0.15) is 39.5 Å². The van der Waals surface area contributed by atoms with Gasteiger partial charge in [-0.2, -0.15) is 0 Å². The summed E-state index contributed by atoms with van der Waals surface area (Å²) in [6.45, 7) is 6.34. The van der Waals surface area contributed by atoms with Crippen LogP contribution in [0.5, 0.6) is 5.75 Å². The topological polar surface area (TPSA) is 37.4 Å². The average molecular weight is 275 g/mol. The van der Waals surface area contributed by atoms with E-state index in [1.165, 1.54) is 25.7 Å². The van der Waals surface area contributed by atoms with Crippen molar-refractivity contribution in [3.63, 3.8) is 0 Å². The third kappa shape index (κ3) is 3.23. The SMILES string of the molecule is CC(C)Oc1cccnc1N(CC1CCCN1)C1CC1. The molecule has 1 N–H and O–H groups in total. The Kier molecular flexibility index (Phi) is 4.10. The minimum Gasteiger partial charge on any atom is -0.487 e. The van der Waals surface area contributed by atoms with Crippen molar-refractivity contribution in [1.29, 1.82) is 0 Å². The van der Waals surface area contributed by atoms with Crippen LogP contribution in [-0.2, 0) is 0 Å². The fourth-order valence-electron chi connectivity index (χ4n) is 2.89. The van der Waals surface area contributed by atoms with Gasteiger partial charge in [0.25, 0.3) is 0 Å². The Morgan fingerprint density at radius 3 is 2.90 bits per heavy atom. The molecule has 1 saturated carbocycles. The molecule has 2 aliphatic rings. The van der Waals surface area contributed by atoms with Crippen molar-refractivity contribution >= 4 is 5.82 Å². The molecular formula is C16H25N3O. The fraction of sp³-hybridized carbons (Fsp3) is 0.688. The maximum atomic E-state index is 5.94. The molecule has 3 rings (SSSR count). The maximum absolute atomic E-state index is 5.94. The van der Waals surface area contributed by atoms with Gasteiger partial charge in [0, 0.05) is 24.8 Å². The summed E-state index contributed by atoms with van der Waals surface area (Å²) in [6.07, 6.45) is 7.19. The second-order valence-electron chi connectivity index (χ2n) is 6.17. The number of hydrogen-bond acceptors (Lipinski definition) is 4. The summed E-state index contributed by atoms with van der Waals surface area (Å²) < 4.78 is 5.94. The van der Waals surface area contributed by atoms with Gasteiger partial charge >= 0.3 is 0 Å². The van der Waals surface area contributed by atoms with Crippen LogP contribution < -0.4 is 15.0 Å². The monoisotopic (exact) mass is 275 g/mol. The first kappa shape index (κ1) is 13.7. The van der Waals surface area contributed by atoms with Crippen molar-refractivity contribution in [2.24, 2.45) is 0 Å². The van der Waals surface area contributed by atoms with E-state index in [2.05, 4.69) is 29.0 Å². The Morgan fingerprint density at radius 2 is 2.25 bits per heavy atom. The molecule has 4 heteroatoms. The third-order valence-corrected chi connectivity index (χ3v) is 3.95. The molecule has 0 bridgehead atoms. The zero-order valence-corrected chi connectivity index (χ0v) is 12.5. The Labute approximate surface area is 121 Å². The number of aromatic nitrogens is 1. The van der Waals surface area contributed by atoms with Gasteiger partial charge in [-0.05, 0) is 58.2 Å². The summed E-state index contributed by atoms with van der Waals surface area (Å²) in [5.74, 6) is 1.95. The Hall–Kier alpha value is -1.29. The molecule has 20 heavy (non-hydrogen) atoms. The highest BCUT2D eigenvalue weighted by Gasteiger charge is 2.33. The van der Waals surface area contributed by atoms with Crippen molar-refractivity contribution in [3.8, 4) is 5.75 Å². The summed E-state index contributed by atoms with van der Waals surface area (Å²) >= 11 is 0. The summed E-state index contributed by atoms with van der Waals surface area (Å²) in [7, 11) is 0. The zero-order valence-electron chi connectivity index (χ0n) is 12.5. The van der Waals surface area contributed by atoms with Crippen molar-refractivity contribution in [2.45, 2.75) is 57.7 Å². The number of anilines is 1. The van der Waals surface area contributed by atoms with Crippen LogP contribution in [0.15, 0.2) is 18.3 Å². The molecule has 1 aliphatic carbocycles. The van der Waals surface area contributed by atoms with Gasteiger partial charge in [-0.15, -0.1) is 0 Å². The Morgan fingerprint density at radius 1 is 1.40 bits per heavy atom. The highest BCUT2D eigenvalue weighted by molar-refractivity contribution is 5.54. The zero-order chi connectivity index (χ0) is 13.9. The molecule has 1 unspecified atom stereocenters. The van der Waals surface area contributed by atoms with E-state index in [9.17, 15) is 0 Å². The molecule has 1 aliphatic heterocycles. The minimum atomic E-state index is 0.184. The summed E-state index contributed by atoms with van der Waals surface area (Å²) in [4.78, 5) is 7.07. The van der Waals surface area contributed by atoms with Crippen LogP contribution >= 0.6 is 0 Å². The van der Waals surface area contributed by atoms with E-state index in [1.54, 1.807) is 0 Å². The van der Waals surface area contributed by atoms with Gasteiger partial charge in [-0.3, -0.25) is 0 Å². The quantitative estimate of drug-likeness (QED) is 0.866. The van der Waals surface area contributed by atoms with Crippen LogP contribution in [0.3, 0.4) is 0 Å². The fourth-order valence-corrected chi connectivity index (χ4v) is 2.89. The van der Waals surface area contributed by atoms with Gasteiger partial charge in [0.2, 0.25) is 0 Å². The summed E-state index contributed by atoms with van der Waals surface area (Å²) in [5, 5.41) is 3.59. The van der Waals surface area contributed by atoms with Crippen LogP contribution in [0, 0.1) is 0 Å². The number of nitrogens with zero attached hydrogens (tertiary/aromatic N) is 2. The van der Waals surface area contributed by atoms with E-state index >= 15 is 0 Å². The number of hydrogen-bond donors (Lipinski definition) is 1. The first-order chi connectivity index (χ1) is 9.74. The number of ether oxygens (including phenoxy) is 1. The van der Waals surface area contributed by atoms with Crippen molar-refractivity contribution in [1.82, 2.24) is 10.3 Å². The first-order valence-electron chi connectivity index (χ1n) is 7.85. The molecule has 2 heterocycles. The van der Waals surface area contributed by atoms with E-state index in [0.29, 0.717) is 12.1 Å². The molecule has 1 atom stereocenters. The molecule has 2 fully saturated rings. The second-order valence-corrected chi connectivity index (χ2v) is 6.17. The molecule has 0 radical (unpaired) electrons. The van der Waals surface area contributed by atoms with E-state index in [0.717, 1.165) is 24.7 Å². The van der Waals surface area contributed by atoms with Crippen LogP contribution in [0.2, 0.25) is 0 Å². The van der Waals surface area contributed by atoms with Gasteiger partial charge < -0.3 is 15.0 Å². The lowest BCUT2D eigenvalue weighted by Gasteiger charge is -2.28. The molecule has 4 nitrogen and oxygen atoms in total. The van der Waals surface area contributed by atoms with Crippen LogP contribution in [0.25, 0.3) is 0 Å². The van der Waals surface area contributed by atoms with Gasteiger partial charge in [-0.25, -0.2) is 4.98 Å². The van der Waals surface area contributed by atoms with Gasteiger partial charge in [-0.1, -0.05) is 0 Å². The average Bonchev–Trinajstić information content (AvgIpc) is 3.14. The molecule has 1 saturated heterocycles. The smallest absolute Gasteiger partial charge is 0.171 e. The highest BCUT2D eigenvalue weighted by atomic mass is 16.5. The Balaban J connectivity index is 1.79. The minimum absolute atomic E-state index is 0.184. The predicted octanol–water partition coefficient (Wildman–Crippen LogP) is 2.59. The normalized spacial score (nSPS) is 22.2. The molecule has 110 valence electrons. The lowest BCUT2D eigenvalue weighted by Crippen LogP contribution is -2.39. The number of nitrogens with one attached hydrogen (secondary N) is 1. The van der Waals surface area contributed by atoms with Crippen LogP contribution in [-0.4, -0.2) is 36.3 Å². The number of rotatable bonds is 6. The van der Waals surface area contributed by atoms with Crippen molar-refractivity contribution in [3.05, 3.63) is 18.3 Å². The van der Waals surface area contributed by atoms with E-state index in [4.69, 9.17) is 4.74 Å². The van der Waals surface area contributed by atoms with Crippen molar-refractivity contribution < 1.29 is 4.74 Å². The third-order valence-electron chi connectivity index (χ3n) is 3.95. The first-order valence-corrected chi connectivity index (χ1v) is 7.85. The summed E-state index contributed by atoms with van der Waals surface area (Å²) in [5.41, 5.74) is 0. The van der Waals surface area contributed by atoms with Gasteiger partial charge in [0.15, 0.2) is 11.6 Å². The van der Waals surface area contributed by atoms with Crippen molar-refractivity contribution in [2.75, 3.05) is 18.0 Å². The molecular weight excluding hydrogens is 250 g/mol. The lowest BCUT2D eigenvalue weighted by atomic mass is 10.2. The molecule has 0 amide bonds. The maximum Gasteiger partial charge on any atom is 0.171 e. The number of pyridine rings is 1. The van der Waals surface area contributed by atoms with Crippen LogP contribution in [0.4, 0.5) is 5.82 Å². The predicted molar refractivity (Wildman–Crippen MR) is 81.4 cm³/mol. The molecule has 1 aromatic heterocycles. The largest absolute Gasteiger partial charge is 0.487 e. The van der Waals surface area contributed by atoms with Gasteiger partial charge in [0.1, 0.15) is 0 Å². The standard InChI is InChI=1S/C16H25N3O/c1-12(2)20-15-6-4-10-18-16(15)19(14-7-8-14)11-13-5-3-9-17-13/h4,6,10,12-14,17H,3,5,7-9,11H2,1-2H3. The van der Waals surface area contributed by atoms with E-state index < -0.39 is 0 Å². The van der Waals surface area contributed by atoms with E-state index in [-0.39, 0.29) is 6.10 Å². The summed E-state index contributed by atoms with van der Waals surface area (Å²) in [6, 6.07) is 5.26. The Bertz CT molecular complexity index is 439. The van der Waals surface area contributed by atoms with Gasteiger partial charge in [0.05, 0.1) is 6.10 Å².